The van der Waals surface area contributed by atoms with Crippen LogP contribution in [0.25, 0.3) is 10.2 Å². The predicted octanol–water partition coefficient (Wildman–Crippen LogP) is 2.20. The van der Waals surface area contributed by atoms with E-state index in [1.54, 1.807) is 11.3 Å². The number of nitrogens with two attached hydrogens (primary N) is 1. The third-order valence-electron chi connectivity index (χ3n) is 5.90. The molecule has 7 heteroatoms. The molecule has 4 aromatic rings. The van der Waals surface area contributed by atoms with E-state index in [1.165, 1.54) is 15.3 Å². The van der Waals surface area contributed by atoms with E-state index in [-0.39, 0.29) is 12.2 Å². The van der Waals surface area contributed by atoms with Gasteiger partial charge >= 0.3 is 0 Å². The van der Waals surface area contributed by atoms with Crippen molar-refractivity contribution in [2.75, 3.05) is 12.4 Å². The van der Waals surface area contributed by atoms with Gasteiger partial charge in [0.05, 0.1) is 16.8 Å². The van der Waals surface area contributed by atoms with E-state index in [0.29, 0.717) is 11.2 Å². The molecular formula is C24H25N4O2S+. The summed E-state index contributed by atoms with van der Waals surface area (Å²) in [5.41, 5.74) is 3.31. The smallest absolute Gasteiger partial charge is 0.281 e. The van der Waals surface area contributed by atoms with Crippen LogP contribution in [0, 0.1) is 6.92 Å². The van der Waals surface area contributed by atoms with E-state index in [4.69, 9.17) is 15.6 Å². The summed E-state index contributed by atoms with van der Waals surface area (Å²) in [6, 6.07) is 18.3. The molecule has 5 rings (SSSR count). The van der Waals surface area contributed by atoms with Gasteiger partial charge in [-0.05, 0) is 24.1 Å². The number of para-hydroxylation sites is 1. The molecule has 0 bridgehead atoms. The lowest BCUT2D eigenvalue weighted by Crippen LogP contribution is -3.10. The number of aryl methyl sites for hydroxylation is 1. The van der Waals surface area contributed by atoms with Crippen LogP contribution in [0.3, 0.4) is 0 Å². The fourth-order valence-corrected chi connectivity index (χ4v) is 5.53. The minimum atomic E-state index is -0.183. The van der Waals surface area contributed by atoms with Gasteiger partial charge in [-0.25, -0.2) is 9.66 Å². The first-order valence-electron chi connectivity index (χ1n) is 10.5. The highest BCUT2D eigenvalue weighted by molar-refractivity contribution is 7.18. The van der Waals surface area contributed by atoms with Crippen molar-refractivity contribution in [2.45, 2.75) is 33.0 Å². The lowest BCUT2D eigenvalue weighted by Gasteiger charge is -2.23. The fraction of sp³-hybridized carbons (Fsp3) is 0.250. The van der Waals surface area contributed by atoms with Crippen LogP contribution in [0.5, 0.6) is 5.75 Å². The maximum Gasteiger partial charge on any atom is 0.281 e. The monoisotopic (exact) mass is 433 g/mol. The molecule has 158 valence electrons. The minimum absolute atomic E-state index is 0.153. The van der Waals surface area contributed by atoms with E-state index in [1.807, 2.05) is 37.3 Å². The Kier molecular flexibility index (Phi) is 5.21. The summed E-state index contributed by atoms with van der Waals surface area (Å²) in [5, 5.41) is 0.681. The zero-order valence-electron chi connectivity index (χ0n) is 17.4. The molecule has 2 aromatic heterocycles. The van der Waals surface area contributed by atoms with Crippen LogP contribution in [-0.4, -0.2) is 16.2 Å². The highest BCUT2D eigenvalue weighted by Gasteiger charge is 2.27. The van der Waals surface area contributed by atoms with Gasteiger partial charge in [0.1, 0.15) is 30.3 Å². The highest BCUT2D eigenvalue weighted by atomic mass is 32.1. The number of nitrogens with one attached hydrogen (secondary N) is 1. The average Bonchev–Trinajstić information content (AvgIpc) is 3.14. The van der Waals surface area contributed by atoms with Crippen molar-refractivity contribution in [3.8, 4) is 5.75 Å². The number of quaternary nitrogens is 1. The Morgan fingerprint density at radius 3 is 2.74 bits per heavy atom. The van der Waals surface area contributed by atoms with Gasteiger partial charge < -0.3 is 15.5 Å². The molecule has 6 nitrogen and oxygen atoms in total. The van der Waals surface area contributed by atoms with Crippen molar-refractivity contribution in [3.05, 3.63) is 92.3 Å². The number of hydrogen-bond acceptors (Lipinski definition) is 5. The normalized spacial score (nSPS) is 15.7. The van der Waals surface area contributed by atoms with Crippen LogP contribution in [0.4, 0.5) is 0 Å². The van der Waals surface area contributed by atoms with Gasteiger partial charge in [-0.3, -0.25) is 4.79 Å². The second kappa shape index (κ2) is 8.17. The molecule has 1 atom stereocenters. The third-order valence-corrected chi connectivity index (χ3v) is 7.03. The van der Waals surface area contributed by atoms with E-state index in [0.717, 1.165) is 52.4 Å². The molecule has 0 saturated heterocycles. The fourth-order valence-electron chi connectivity index (χ4n) is 4.23. The van der Waals surface area contributed by atoms with Crippen LogP contribution in [0.2, 0.25) is 0 Å². The molecule has 2 aromatic carbocycles. The summed E-state index contributed by atoms with van der Waals surface area (Å²) < 4.78 is 7.04. The van der Waals surface area contributed by atoms with Crippen molar-refractivity contribution in [1.29, 1.82) is 0 Å². The summed E-state index contributed by atoms with van der Waals surface area (Å²) in [6.45, 7) is 5.03. The Bertz CT molecular complexity index is 1300. The van der Waals surface area contributed by atoms with Gasteiger partial charge in [-0.1, -0.05) is 48.5 Å². The zero-order valence-corrected chi connectivity index (χ0v) is 18.2. The van der Waals surface area contributed by atoms with Gasteiger partial charge in [0.15, 0.2) is 5.82 Å². The van der Waals surface area contributed by atoms with Crippen LogP contribution in [0.1, 0.15) is 27.4 Å². The molecule has 31 heavy (non-hydrogen) atoms. The Balaban J connectivity index is 1.42. The number of benzene rings is 2. The van der Waals surface area contributed by atoms with Crippen molar-refractivity contribution >= 4 is 21.6 Å². The zero-order chi connectivity index (χ0) is 21.4. The van der Waals surface area contributed by atoms with E-state index >= 15 is 0 Å². The SMILES string of the molecule is Cc1ccccc1OCc1nc2sc3c(c2c(=O)n1N)CC[NH+](Cc1ccccc1)C3. The Hall–Kier alpha value is -3.16. The first-order chi connectivity index (χ1) is 15.1. The topological polar surface area (TPSA) is 74.6 Å². The average molecular weight is 434 g/mol. The molecule has 0 aliphatic carbocycles. The largest absolute Gasteiger partial charge is 0.485 e. The molecule has 0 saturated carbocycles. The van der Waals surface area contributed by atoms with E-state index in [9.17, 15) is 4.79 Å². The highest BCUT2D eigenvalue weighted by Crippen LogP contribution is 2.29. The molecule has 1 aliphatic heterocycles. The first-order valence-corrected chi connectivity index (χ1v) is 11.3. The van der Waals surface area contributed by atoms with E-state index in [2.05, 4.69) is 24.3 Å². The van der Waals surface area contributed by atoms with Crippen molar-refractivity contribution in [3.63, 3.8) is 0 Å². The molecule has 0 spiro atoms. The Labute approximate surface area is 184 Å². The van der Waals surface area contributed by atoms with Crippen LogP contribution < -0.4 is 21.0 Å². The standard InChI is InChI=1S/C24H24N4O2S/c1-16-7-5-6-10-19(16)30-15-21-26-23-22(24(29)28(21)25)18-11-12-27(14-20(18)31-23)13-17-8-3-2-4-9-17/h2-10H,11-15,25H2,1H3/p+1. The van der Waals surface area contributed by atoms with Crippen LogP contribution in [0.15, 0.2) is 59.4 Å². The molecule has 0 fully saturated rings. The summed E-state index contributed by atoms with van der Waals surface area (Å²) in [4.78, 5) is 21.3. The maximum atomic E-state index is 13.1. The molecule has 1 aliphatic rings. The second-order valence-corrected chi connectivity index (χ2v) is 9.11. The summed E-state index contributed by atoms with van der Waals surface area (Å²) in [5.74, 6) is 7.34. The summed E-state index contributed by atoms with van der Waals surface area (Å²) in [6.07, 6.45) is 0.869. The lowest BCUT2D eigenvalue weighted by atomic mass is 10.0. The number of ether oxygens (including phenoxy) is 1. The van der Waals surface area contributed by atoms with Gasteiger partial charge in [-0.2, -0.15) is 0 Å². The molecule has 3 heterocycles. The first kappa shape index (κ1) is 19.8. The number of aromatic nitrogens is 2. The van der Waals surface area contributed by atoms with Crippen LogP contribution >= 0.6 is 11.3 Å². The Morgan fingerprint density at radius 1 is 1.16 bits per heavy atom. The van der Waals surface area contributed by atoms with Crippen molar-refractivity contribution in [2.24, 2.45) is 0 Å². The number of rotatable bonds is 5. The minimum Gasteiger partial charge on any atom is -0.485 e. The van der Waals surface area contributed by atoms with Gasteiger partial charge in [0.2, 0.25) is 0 Å². The summed E-state index contributed by atoms with van der Waals surface area (Å²) >= 11 is 1.62. The summed E-state index contributed by atoms with van der Waals surface area (Å²) in [7, 11) is 0. The predicted molar refractivity (Wildman–Crippen MR) is 123 cm³/mol. The van der Waals surface area contributed by atoms with Crippen molar-refractivity contribution in [1.82, 2.24) is 9.66 Å². The maximum absolute atomic E-state index is 13.1. The van der Waals surface area contributed by atoms with Crippen molar-refractivity contribution < 1.29 is 9.64 Å². The second-order valence-electron chi connectivity index (χ2n) is 8.03. The van der Waals surface area contributed by atoms with Gasteiger partial charge in [0.25, 0.3) is 5.56 Å². The number of hydrogen-bond donors (Lipinski definition) is 2. The molecule has 0 amide bonds. The number of nitrogens with zero attached hydrogens (tertiary/aromatic N) is 2. The number of fused-ring (bicyclic) bond motifs is 3. The molecular weight excluding hydrogens is 408 g/mol. The molecule has 3 N–H and O–H groups in total. The third kappa shape index (κ3) is 3.82. The number of thiophene rings is 1. The molecule has 0 radical (unpaired) electrons. The number of nitrogen functional groups attached to an aromatic ring is 1. The van der Waals surface area contributed by atoms with Gasteiger partial charge in [-0.15, -0.1) is 11.3 Å². The quantitative estimate of drug-likeness (QED) is 0.473. The Morgan fingerprint density at radius 2 is 1.94 bits per heavy atom. The molecule has 1 unspecified atom stereocenters. The van der Waals surface area contributed by atoms with Gasteiger partial charge in [0, 0.05) is 12.0 Å². The van der Waals surface area contributed by atoms with E-state index < -0.39 is 0 Å². The van der Waals surface area contributed by atoms with Crippen LogP contribution in [-0.2, 0) is 26.1 Å². The lowest BCUT2D eigenvalue weighted by molar-refractivity contribution is -0.929.